The van der Waals surface area contributed by atoms with Gasteiger partial charge in [0, 0.05) is 11.4 Å². The van der Waals surface area contributed by atoms with Crippen molar-refractivity contribution in [2.75, 3.05) is 4.72 Å². The molecule has 0 saturated heterocycles. The number of nitrogens with one attached hydrogen (secondary N) is 2. The van der Waals surface area contributed by atoms with Crippen LogP contribution in [0.4, 0.5) is 32.0 Å². The lowest BCUT2D eigenvalue weighted by molar-refractivity contribution is -0.160. The zero-order valence-corrected chi connectivity index (χ0v) is 12.3. The highest BCUT2D eigenvalue weighted by Crippen LogP contribution is 2.33. The Morgan fingerprint density at radius 1 is 1.04 bits per heavy atom. The van der Waals surface area contributed by atoms with Crippen LogP contribution in [0.2, 0.25) is 0 Å². The molecule has 1 unspecified atom stereocenters. The summed E-state index contributed by atoms with van der Waals surface area (Å²) in [6.07, 6.45) is -4.98. The Morgan fingerprint density at radius 3 is 2.43 bits per heavy atom. The van der Waals surface area contributed by atoms with Gasteiger partial charge >= 0.3 is 12.4 Å². The maximum atomic E-state index is 12.6. The van der Waals surface area contributed by atoms with E-state index in [4.69, 9.17) is 0 Å². The molecule has 0 spiro atoms. The van der Waals surface area contributed by atoms with Gasteiger partial charge in [0.2, 0.25) is 0 Å². The van der Waals surface area contributed by atoms with E-state index in [0.717, 1.165) is 30.3 Å². The second kappa shape index (κ2) is 6.77. The van der Waals surface area contributed by atoms with Gasteiger partial charge in [-0.25, -0.2) is 0 Å². The fraction of sp³-hybridized carbons (Fsp3) is 0.286. The summed E-state index contributed by atoms with van der Waals surface area (Å²) in [4.78, 5) is 0. The first-order chi connectivity index (χ1) is 10.7. The van der Waals surface area contributed by atoms with Gasteiger partial charge in [0.1, 0.15) is 0 Å². The summed E-state index contributed by atoms with van der Waals surface area (Å²) in [5.41, 5.74) is -0.384. The molecule has 1 aliphatic carbocycles. The smallest absolute Gasteiger partial charge is 0.313 e. The lowest BCUT2D eigenvalue weighted by atomic mass is 9.99. The monoisotopic (exact) mass is 354 g/mol. The van der Waals surface area contributed by atoms with Gasteiger partial charge < -0.3 is 9.44 Å². The van der Waals surface area contributed by atoms with Gasteiger partial charge in [-0.05, 0) is 36.8 Å². The molecule has 126 valence electrons. The molecule has 0 amide bonds. The minimum Gasteiger partial charge on any atom is -0.313 e. The molecule has 2 rings (SSSR count). The number of anilines is 1. The standard InChI is InChI=1S/C14H12F6N2S/c15-13(16,17)9-3-1-5-11(7-9)21-23-22-12-6-2-4-10(8-12)14(18,19)20/h1-3,5-8,10,21-22H,4H2. The third kappa shape index (κ3) is 5.12. The van der Waals surface area contributed by atoms with Crippen molar-refractivity contribution in [2.45, 2.75) is 18.8 Å². The number of alkyl halides is 6. The fourth-order valence-corrected chi connectivity index (χ4v) is 2.43. The SMILES string of the molecule is FC(F)(F)c1cccc(NSNC2=CC(C(F)(F)F)CC=C2)c1. The number of benzene rings is 1. The highest BCUT2D eigenvalue weighted by atomic mass is 32.2. The van der Waals surface area contributed by atoms with E-state index in [2.05, 4.69) is 9.44 Å². The second-order valence-corrected chi connectivity index (χ2v) is 5.41. The Hall–Kier alpha value is -1.77. The minimum absolute atomic E-state index is 0.125. The predicted octanol–water partition coefficient (Wildman–Crippen LogP) is 5.29. The van der Waals surface area contributed by atoms with Gasteiger partial charge in [0.15, 0.2) is 0 Å². The van der Waals surface area contributed by atoms with E-state index in [1.165, 1.54) is 24.3 Å². The van der Waals surface area contributed by atoms with Crippen molar-refractivity contribution < 1.29 is 26.3 Å². The van der Waals surface area contributed by atoms with E-state index in [1.54, 1.807) is 0 Å². The molecule has 1 atom stereocenters. The number of hydrogen-bond acceptors (Lipinski definition) is 3. The molecule has 0 heterocycles. The maximum Gasteiger partial charge on any atom is 0.416 e. The molecule has 2 N–H and O–H groups in total. The lowest BCUT2D eigenvalue weighted by Crippen LogP contribution is -2.23. The summed E-state index contributed by atoms with van der Waals surface area (Å²) in [7, 11) is 0. The highest BCUT2D eigenvalue weighted by Gasteiger charge is 2.38. The number of rotatable bonds is 4. The van der Waals surface area contributed by atoms with E-state index < -0.39 is 23.8 Å². The summed E-state index contributed by atoms with van der Waals surface area (Å²) in [6.45, 7) is 0. The average Bonchev–Trinajstić information content (AvgIpc) is 2.46. The summed E-state index contributed by atoms with van der Waals surface area (Å²) in [5.74, 6) is -1.57. The molecule has 0 saturated carbocycles. The van der Waals surface area contributed by atoms with Gasteiger partial charge in [-0.3, -0.25) is 0 Å². The topological polar surface area (TPSA) is 24.1 Å². The molecule has 0 aliphatic heterocycles. The summed E-state index contributed by atoms with van der Waals surface area (Å²) < 4.78 is 80.8. The normalized spacial score (nSPS) is 18.5. The van der Waals surface area contributed by atoms with Crippen molar-refractivity contribution >= 4 is 17.8 Å². The average molecular weight is 354 g/mol. The molecule has 0 fully saturated rings. The third-order valence-electron chi connectivity index (χ3n) is 3.02. The molecular weight excluding hydrogens is 342 g/mol. The molecule has 2 nitrogen and oxygen atoms in total. The Kier molecular flexibility index (Phi) is 5.18. The summed E-state index contributed by atoms with van der Waals surface area (Å²) in [5, 5.41) is 0. The van der Waals surface area contributed by atoms with E-state index in [9.17, 15) is 26.3 Å². The van der Waals surface area contributed by atoms with E-state index >= 15 is 0 Å². The van der Waals surface area contributed by atoms with Crippen LogP contribution in [0.25, 0.3) is 0 Å². The van der Waals surface area contributed by atoms with Crippen molar-refractivity contribution in [2.24, 2.45) is 5.92 Å². The Balaban J connectivity index is 1.93. The number of halogens is 6. The molecule has 1 aromatic rings. The first-order valence-electron chi connectivity index (χ1n) is 6.46. The van der Waals surface area contributed by atoms with E-state index in [0.29, 0.717) is 0 Å². The van der Waals surface area contributed by atoms with Crippen molar-refractivity contribution in [3.8, 4) is 0 Å². The van der Waals surface area contributed by atoms with Crippen molar-refractivity contribution in [3.63, 3.8) is 0 Å². The van der Waals surface area contributed by atoms with Crippen LogP contribution in [-0.4, -0.2) is 6.18 Å². The maximum absolute atomic E-state index is 12.6. The minimum atomic E-state index is -4.45. The van der Waals surface area contributed by atoms with Gasteiger partial charge in [0.25, 0.3) is 0 Å². The van der Waals surface area contributed by atoms with Gasteiger partial charge in [-0.15, -0.1) is 0 Å². The molecule has 1 aromatic carbocycles. The first-order valence-corrected chi connectivity index (χ1v) is 7.28. The van der Waals surface area contributed by atoms with Gasteiger partial charge in [-0.2, -0.15) is 26.3 Å². The molecule has 0 radical (unpaired) electrons. The molecule has 0 aromatic heterocycles. The van der Waals surface area contributed by atoms with Crippen LogP contribution in [0.15, 0.2) is 48.2 Å². The van der Waals surface area contributed by atoms with Crippen LogP contribution < -0.4 is 9.44 Å². The lowest BCUT2D eigenvalue weighted by Gasteiger charge is -2.20. The zero-order valence-electron chi connectivity index (χ0n) is 11.5. The van der Waals surface area contributed by atoms with Gasteiger partial charge in [-0.1, -0.05) is 12.1 Å². The number of hydrogen-bond donors (Lipinski definition) is 2. The quantitative estimate of drug-likeness (QED) is 0.567. The Bertz CT molecular complexity index is 606. The van der Waals surface area contributed by atoms with Crippen LogP contribution in [-0.2, 0) is 6.18 Å². The molecule has 1 aliphatic rings. The van der Waals surface area contributed by atoms with E-state index in [-0.39, 0.29) is 17.8 Å². The molecule has 0 bridgehead atoms. The zero-order chi connectivity index (χ0) is 17.1. The number of allylic oxidation sites excluding steroid dienone is 3. The second-order valence-electron chi connectivity index (χ2n) is 4.79. The van der Waals surface area contributed by atoms with E-state index in [1.807, 2.05) is 0 Å². The largest absolute Gasteiger partial charge is 0.416 e. The summed E-state index contributed by atoms with van der Waals surface area (Å²) >= 11 is 0.791. The van der Waals surface area contributed by atoms with Crippen molar-refractivity contribution in [3.05, 3.63) is 53.8 Å². The van der Waals surface area contributed by atoms with Crippen molar-refractivity contribution in [1.29, 1.82) is 0 Å². The first kappa shape index (κ1) is 17.6. The highest BCUT2D eigenvalue weighted by molar-refractivity contribution is 7.98. The van der Waals surface area contributed by atoms with Crippen LogP contribution >= 0.6 is 12.1 Å². The predicted molar refractivity (Wildman–Crippen MR) is 77.2 cm³/mol. The Labute approximate surface area is 132 Å². The fourth-order valence-electron chi connectivity index (χ4n) is 1.88. The van der Waals surface area contributed by atoms with Crippen molar-refractivity contribution in [1.82, 2.24) is 4.72 Å². The van der Waals surface area contributed by atoms with Crippen LogP contribution in [0.3, 0.4) is 0 Å². The van der Waals surface area contributed by atoms with Crippen LogP contribution in [0, 0.1) is 5.92 Å². The van der Waals surface area contributed by atoms with Crippen LogP contribution in [0.5, 0.6) is 0 Å². The summed E-state index contributed by atoms with van der Waals surface area (Å²) in [6, 6.07) is 4.51. The Morgan fingerprint density at radius 2 is 1.78 bits per heavy atom. The molecule has 9 heteroatoms. The van der Waals surface area contributed by atoms with Crippen LogP contribution in [0.1, 0.15) is 12.0 Å². The third-order valence-corrected chi connectivity index (χ3v) is 3.69. The molecular formula is C14H12F6N2S. The molecule has 23 heavy (non-hydrogen) atoms. The van der Waals surface area contributed by atoms with Gasteiger partial charge in [0.05, 0.1) is 23.6 Å².